The van der Waals surface area contributed by atoms with Crippen LogP contribution < -0.4 is 0 Å². The minimum Gasteiger partial charge on any atom is -0.297 e. The van der Waals surface area contributed by atoms with E-state index in [2.05, 4.69) is 81.2 Å². The van der Waals surface area contributed by atoms with Crippen molar-refractivity contribution in [2.45, 2.75) is 38.9 Å². The second kappa shape index (κ2) is 7.61. The highest BCUT2D eigenvalue weighted by Gasteiger charge is 2.30. The van der Waals surface area contributed by atoms with E-state index in [1.807, 2.05) is 0 Å². The van der Waals surface area contributed by atoms with E-state index in [0.717, 1.165) is 19.0 Å². The lowest BCUT2D eigenvalue weighted by Gasteiger charge is -2.43. The third-order valence-electron chi connectivity index (χ3n) is 5.69. The normalized spacial score (nSPS) is 24.9. The molecule has 0 spiro atoms. The molecule has 2 aliphatic rings. The number of hydrogen-bond acceptors (Lipinski definition) is 2. The Bertz CT molecular complexity index is 715. The van der Waals surface area contributed by atoms with Gasteiger partial charge in [0, 0.05) is 43.2 Å². The van der Waals surface area contributed by atoms with E-state index in [9.17, 15) is 0 Å². The van der Waals surface area contributed by atoms with Gasteiger partial charge >= 0.3 is 0 Å². The third kappa shape index (κ3) is 4.16. The van der Waals surface area contributed by atoms with Gasteiger partial charge in [-0.3, -0.25) is 9.80 Å². The summed E-state index contributed by atoms with van der Waals surface area (Å²) in [5, 5.41) is 0. The van der Waals surface area contributed by atoms with Crippen molar-refractivity contribution in [2.75, 3.05) is 19.6 Å². The van der Waals surface area contributed by atoms with Crippen LogP contribution in [0.15, 0.2) is 53.0 Å². The summed E-state index contributed by atoms with van der Waals surface area (Å²) in [5.41, 5.74) is 4.47. The molecule has 1 unspecified atom stereocenters. The highest BCUT2D eigenvalue weighted by atomic mass is 79.9. The van der Waals surface area contributed by atoms with Gasteiger partial charge in [0.05, 0.1) is 0 Å². The lowest BCUT2D eigenvalue weighted by Crippen LogP contribution is -2.51. The molecule has 2 aliphatic heterocycles. The van der Waals surface area contributed by atoms with E-state index in [-0.39, 0.29) is 0 Å². The summed E-state index contributed by atoms with van der Waals surface area (Å²) in [6.07, 6.45) is 2.51. The first-order chi connectivity index (χ1) is 12.2. The van der Waals surface area contributed by atoms with Crippen LogP contribution in [-0.2, 0) is 19.5 Å². The van der Waals surface area contributed by atoms with Crippen molar-refractivity contribution < 1.29 is 0 Å². The highest BCUT2D eigenvalue weighted by Crippen LogP contribution is 2.28. The number of nitrogens with zero attached hydrogens (tertiary/aromatic N) is 2. The summed E-state index contributed by atoms with van der Waals surface area (Å²) in [6.45, 7) is 8.23. The standard InChI is InChI=1S/C22H27BrN2/c1-17-11-22(16-24(13-17)14-18-5-3-2-4-6-18)25-10-9-19-12-21(23)8-7-20(19)15-25/h2-8,12,17,22H,9-11,13-16H2,1H3/t17-,22?/m0/s1. The van der Waals surface area contributed by atoms with Gasteiger partial charge in [-0.2, -0.15) is 0 Å². The molecule has 3 heteroatoms. The quantitative estimate of drug-likeness (QED) is 0.737. The second-order valence-corrected chi connectivity index (χ2v) is 8.72. The maximum atomic E-state index is 3.61. The maximum absolute atomic E-state index is 3.61. The van der Waals surface area contributed by atoms with Crippen molar-refractivity contribution in [2.24, 2.45) is 5.92 Å². The molecule has 0 N–H and O–H groups in total. The van der Waals surface area contributed by atoms with Crippen LogP contribution in [0.2, 0.25) is 0 Å². The third-order valence-corrected chi connectivity index (χ3v) is 6.18. The second-order valence-electron chi connectivity index (χ2n) is 7.81. The lowest BCUT2D eigenvalue weighted by atomic mass is 9.91. The first-order valence-electron chi connectivity index (χ1n) is 9.45. The Morgan fingerprint density at radius 1 is 1.04 bits per heavy atom. The Kier molecular flexibility index (Phi) is 5.25. The highest BCUT2D eigenvalue weighted by molar-refractivity contribution is 9.10. The molecular formula is C22H27BrN2. The molecular weight excluding hydrogens is 372 g/mol. The average molecular weight is 399 g/mol. The SMILES string of the molecule is C[C@H]1CC(N2CCc3cc(Br)ccc3C2)CN(Cc2ccccc2)C1. The number of halogens is 1. The summed E-state index contributed by atoms with van der Waals surface area (Å²) in [7, 11) is 0. The van der Waals surface area contributed by atoms with Gasteiger partial charge in [0.1, 0.15) is 0 Å². The van der Waals surface area contributed by atoms with Crippen LogP contribution in [-0.4, -0.2) is 35.5 Å². The van der Waals surface area contributed by atoms with E-state index < -0.39 is 0 Å². The van der Waals surface area contributed by atoms with Gasteiger partial charge < -0.3 is 0 Å². The molecule has 2 atom stereocenters. The Labute approximate surface area is 160 Å². The molecule has 1 saturated heterocycles. The van der Waals surface area contributed by atoms with Crippen molar-refractivity contribution in [3.8, 4) is 0 Å². The Balaban J connectivity index is 1.44. The average Bonchev–Trinajstić information content (AvgIpc) is 2.61. The summed E-state index contributed by atoms with van der Waals surface area (Å²) in [5.74, 6) is 0.772. The fourth-order valence-corrected chi connectivity index (χ4v) is 4.93. The topological polar surface area (TPSA) is 6.48 Å². The minimum atomic E-state index is 0.684. The zero-order chi connectivity index (χ0) is 17.2. The molecule has 0 aliphatic carbocycles. The molecule has 2 nitrogen and oxygen atoms in total. The Morgan fingerprint density at radius 3 is 2.72 bits per heavy atom. The van der Waals surface area contributed by atoms with Crippen molar-refractivity contribution >= 4 is 15.9 Å². The smallest absolute Gasteiger partial charge is 0.0240 e. The van der Waals surface area contributed by atoms with Crippen LogP contribution in [0, 0.1) is 5.92 Å². The largest absolute Gasteiger partial charge is 0.297 e. The van der Waals surface area contributed by atoms with Crippen LogP contribution >= 0.6 is 15.9 Å². The van der Waals surface area contributed by atoms with Crippen LogP contribution in [0.5, 0.6) is 0 Å². The van der Waals surface area contributed by atoms with Crippen molar-refractivity contribution in [3.63, 3.8) is 0 Å². The van der Waals surface area contributed by atoms with E-state index in [1.165, 1.54) is 53.6 Å². The van der Waals surface area contributed by atoms with Crippen LogP contribution in [0.3, 0.4) is 0 Å². The van der Waals surface area contributed by atoms with Gasteiger partial charge in [0.15, 0.2) is 0 Å². The molecule has 25 heavy (non-hydrogen) atoms. The van der Waals surface area contributed by atoms with Crippen LogP contribution in [0.25, 0.3) is 0 Å². The van der Waals surface area contributed by atoms with E-state index >= 15 is 0 Å². The molecule has 0 saturated carbocycles. The lowest BCUT2D eigenvalue weighted by molar-refractivity contribution is 0.0589. The van der Waals surface area contributed by atoms with Crippen LogP contribution in [0.4, 0.5) is 0 Å². The van der Waals surface area contributed by atoms with Crippen molar-refractivity contribution in [3.05, 3.63) is 69.7 Å². The van der Waals surface area contributed by atoms with E-state index in [4.69, 9.17) is 0 Å². The number of benzene rings is 2. The molecule has 0 aromatic heterocycles. The molecule has 132 valence electrons. The number of hydrogen-bond donors (Lipinski definition) is 0. The maximum Gasteiger partial charge on any atom is 0.0240 e. The molecule has 0 bridgehead atoms. The van der Waals surface area contributed by atoms with Gasteiger partial charge in [-0.05, 0) is 47.6 Å². The molecule has 4 rings (SSSR count). The minimum absolute atomic E-state index is 0.684. The Hall–Kier alpha value is -1.16. The fraction of sp³-hybridized carbons (Fsp3) is 0.455. The first-order valence-corrected chi connectivity index (χ1v) is 10.2. The summed E-state index contributed by atoms with van der Waals surface area (Å²) in [4.78, 5) is 5.38. The van der Waals surface area contributed by atoms with Crippen molar-refractivity contribution in [1.29, 1.82) is 0 Å². The van der Waals surface area contributed by atoms with Crippen LogP contribution in [0.1, 0.15) is 30.0 Å². The zero-order valence-corrected chi connectivity index (χ0v) is 16.6. The zero-order valence-electron chi connectivity index (χ0n) is 15.0. The predicted molar refractivity (Wildman–Crippen MR) is 108 cm³/mol. The monoisotopic (exact) mass is 398 g/mol. The number of rotatable bonds is 3. The summed E-state index contributed by atoms with van der Waals surface area (Å²) < 4.78 is 1.21. The van der Waals surface area contributed by atoms with Gasteiger partial charge in [-0.15, -0.1) is 0 Å². The summed E-state index contributed by atoms with van der Waals surface area (Å²) in [6, 6.07) is 18.4. The molecule has 2 aromatic carbocycles. The molecule has 0 radical (unpaired) electrons. The molecule has 1 fully saturated rings. The number of piperidine rings is 1. The predicted octanol–water partition coefficient (Wildman–Crippen LogP) is 4.72. The number of fused-ring (bicyclic) bond motifs is 1. The molecule has 2 heterocycles. The molecule has 2 aromatic rings. The summed E-state index contributed by atoms with van der Waals surface area (Å²) >= 11 is 3.61. The van der Waals surface area contributed by atoms with E-state index in [1.54, 1.807) is 0 Å². The van der Waals surface area contributed by atoms with Gasteiger partial charge in [0.25, 0.3) is 0 Å². The molecule has 0 amide bonds. The first kappa shape index (κ1) is 17.3. The van der Waals surface area contributed by atoms with Gasteiger partial charge in [-0.1, -0.05) is 59.3 Å². The Morgan fingerprint density at radius 2 is 1.88 bits per heavy atom. The van der Waals surface area contributed by atoms with Gasteiger partial charge in [-0.25, -0.2) is 0 Å². The number of likely N-dealkylation sites (tertiary alicyclic amines) is 1. The fourth-order valence-electron chi connectivity index (χ4n) is 4.52. The van der Waals surface area contributed by atoms with Gasteiger partial charge in [0.2, 0.25) is 0 Å². The van der Waals surface area contributed by atoms with E-state index in [0.29, 0.717) is 6.04 Å². The van der Waals surface area contributed by atoms with Crippen molar-refractivity contribution in [1.82, 2.24) is 9.80 Å².